The molecule has 1 amide bonds. The Kier molecular flexibility index (Phi) is 6.48. The molecule has 1 fully saturated rings. The van der Waals surface area contributed by atoms with Gasteiger partial charge in [-0.25, -0.2) is 0 Å². The van der Waals surface area contributed by atoms with Crippen molar-refractivity contribution in [3.63, 3.8) is 0 Å². The molecule has 0 saturated carbocycles. The molecule has 2 aliphatic rings. The van der Waals surface area contributed by atoms with E-state index in [0.29, 0.717) is 19.0 Å². The van der Waals surface area contributed by atoms with Gasteiger partial charge in [-0.3, -0.25) is 14.7 Å². The third kappa shape index (κ3) is 5.14. The molecule has 3 aromatic rings. The highest BCUT2D eigenvalue weighted by molar-refractivity contribution is 5.78. The number of carbonyl (C=O) groups is 1. The van der Waals surface area contributed by atoms with Crippen LogP contribution in [0.5, 0.6) is 0 Å². The maximum atomic E-state index is 12.9. The summed E-state index contributed by atoms with van der Waals surface area (Å²) in [6.07, 6.45) is 7.56. The number of aryl methyl sites for hydroxylation is 2. The molecule has 7 nitrogen and oxygen atoms in total. The molecule has 0 unspecified atom stereocenters. The average Bonchev–Trinajstić information content (AvgIpc) is 3.28. The summed E-state index contributed by atoms with van der Waals surface area (Å²) in [6.45, 7) is 6.37. The fourth-order valence-electron chi connectivity index (χ4n) is 5.00. The van der Waals surface area contributed by atoms with Crippen molar-refractivity contribution in [3.8, 4) is 0 Å². The van der Waals surface area contributed by atoms with Crippen LogP contribution in [0.15, 0.2) is 48.8 Å². The van der Waals surface area contributed by atoms with E-state index in [1.54, 1.807) is 0 Å². The van der Waals surface area contributed by atoms with Crippen LogP contribution in [-0.2, 0) is 30.8 Å². The average molecular weight is 445 g/mol. The van der Waals surface area contributed by atoms with E-state index in [0.717, 1.165) is 62.5 Å². The number of nitrogens with one attached hydrogen (secondary N) is 1. The van der Waals surface area contributed by atoms with Crippen LogP contribution in [0, 0.1) is 12.8 Å². The van der Waals surface area contributed by atoms with E-state index in [9.17, 15) is 4.79 Å². The van der Waals surface area contributed by atoms with Crippen LogP contribution in [0.4, 0.5) is 0 Å². The molecule has 0 bridgehead atoms. The Morgan fingerprint density at radius 2 is 1.88 bits per heavy atom. The highest BCUT2D eigenvalue weighted by atomic mass is 16.1. The molecular weight excluding hydrogens is 412 g/mol. The maximum absolute atomic E-state index is 12.9. The first-order valence-electron chi connectivity index (χ1n) is 12.0. The lowest BCUT2D eigenvalue weighted by Crippen LogP contribution is -2.37. The molecule has 2 aliphatic heterocycles. The van der Waals surface area contributed by atoms with Crippen LogP contribution in [-0.4, -0.2) is 43.6 Å². The second-order valence-corrected chi connectivity index (χ2v) is 9.44. The summed E-state index contributed by atoms with van der Waals surface area (Å²) in [5, 5.41) is 12.2. The van der Waals surface area contributed by atoms with E-state index >= 15 is 0 Å². The Morgan fingerprint density at radius 1 is 1.06 bits per heavy atom. The molecule has 2 aromatic heterocycles. The fraction of sp³-hybridized carbons (Fsp3) is 0.462. The second-order valence-electron chi connectivity index (χ2n) is 9.44. The molecular formula is C26H32N6O. The highest BCUT2D eigenvalue weighted by Crippen LogP contribution is 2.31. The van der Waals surface area contributed by atoms with E-state index in [2.05, 4.69) is 67.2 Å². The SMILES string of the molecule is Cc1ccc(CNC(=O)[C@H]2CCc3nnc(C4CCN(Cc5cccnc5)CC4)n3C2)cc1. The zero-order valence-electron chi connectivity index (χ0n) is 19.3. The predicted molar refractivity (Wildman–Crippen MR) is 126 cm³/mol. The molecule has 33 heavy (non-hydrogen) atoms. The number of piperidine rings is 1. The van der Waals surface area contributed by atoms with E-state index in [4.69, 9.17) is 0 Å². The minimum absolute atomic E-state index is 0.0247. The van der Waals surface area contributed by atoms with Gasteiger partial charge in [-0.15, -0.1) is 10.2 Å². The molecule has 1 aromatic carbocycles. The zero-order valence-corrected chi connectivity index (χ0v) is 19.3. The standard InChI is InChI=1S/C26H32N6O/c1-19-4-6-20(7-5-19)16-28-26(33)23-8-9-24-29-30-25(32(24)18-23)22-10-13-31(14-11-22)17-21-3-2-12-27-15-21/h2-7,12,15,22-23H,8-11,13-14,16-18H2,1H3,(H,28,33)/t23-/m0/s1. The molecule has 0 radical (unpaired) electrons. The molecule has 1 atom stereocenters. The van der Waals surface area contributed by atoms with Gasteiger partial charge in [0.2, 0.25) is 5.91 Å². The Balaban J connectivity index is 1.17. The lowest BCUT2D eigenvalue weighted by Gasteiger charge is -2.32. The Bertz CT molecular complexity index is 1070. The summed E-state index contributed by atoms with van der Waals surface area (Å²) in [7, 11) is 0. The molecule has 7 heteroatoms. The largest absolute Gasteiger partial charge is 0.352 e. The van der Waals surface area contributed by atoms with Gasteiger partial charge in [0, 0.05) is 44.4 Å². The Labute approximate surface area is 195 Å². The second kappa shape index (κ2) is 9.83. The fourth-order valence-corrected chi connectivity index (χ4v) is 5.00. The van der Waals surface area contributed by atoms with Crippen LogP contribution in [0.1, 0.15) is 53.5 Å². The van der Waals surface area contributed by atoms with Crippen molar-refractivity contribution in [3.05, 3.63) is 77.1 Å². The van der Waals surface area contributed by atoms with E-state index in [-0.39, 0.29) is 11.8 Å². The van der Waals surface area contributed by atoms with Gasteiger partial charge in [0.1, 0.15) is 11.6 Å². The van der Waals surface area contributed by atoms with Gasteiger partial charge in [0.25, 0.3) is 0 Å². The summed E-state index contributed by atoms with van der Waals surface area (Å²) >= 11 is 0. The summed E-state index contributed by atoms with van der Waals surface area (Å²) in [5.74, 6) is 2.62. The van der Waals surface area contributed by atoms with Crippen molar-refractivity contribution in [2.24, 2.45) is 5.92 Å². The van der Waals surface area contributed by atoms with Gasteiger partial charge >= 0.3 is 0 Å². The first-order chi connectivity index (χ1) is 16.2. The van der Waals surface area contributed by atoms with Crippen molar-refractivity contribution in [2.75, 3.05) is 13.1 Å². The number of hydrogen-bond acceptors (Lipinski definition) is 5. The van der Waals surface area contributed by atoms with Gasteiger partial charge in [0.05, 0.1) is 5.92 Å². The number of rotatable bonds is 6. The van der Waals surface area contributed by atoms with Crippen LogP contribution >= 0.6 is 0 Å². The molecule has 0 spiro atoms. The third-order valence-electron chi connectivity index (χ3n) is 7.02. The number of pyridine rings is 1. The van der Waals surface area contributed by atoms with E-state index in [1.807, 2.05) is 18.5 Å². The van der Waals surface area contributed by atoms with Gasteiger partial charge in [0.15, 0.2) is 0 Å². The molecule has 5 rings (SSSR count). The first kappa shape index (κ1) is 21.8. The number of aromatic nitrogens is 4. The maximum Gasteiger partial charge on any atom is 0.225 e. The van der Waals surface area contributed by atoms with Gasteiger partial charge in [-0.1, -0.05) is 35.9 Å². The van der Waals surface area contributed by atoms with Gasteiger partial charge < -0.3 is 9.88 Å². The summed E-state index contributed by atoms with van der Waals surface area (Å²) in [4.78, 5) is 19.6. The molecule has 172 valence electrons. The molecule has 0 aliphatic carbocycles. The normalized spacial score (nSPS) is 19.2. The summed E-state index contributed by atoms with van der Waals surface area (Å²) in [5.41, 5.74) is 3.62. The third-order valence-corrected chi connectivity index (χ3v) is 7.02. The lowest BCUT2D eigenvalue weighted by atomic mass is 9.93. The number of hydrogen-bond donors (Lipinski definition) is 1. The zero-order chi connectivity index (χ0) is 22.6. The van der Waals surface area contributed by atoms with Crippen LogP contribution < -0.4 is 5.32 Å². The minimum Gasteiger partial charge on any atom is -0.352 e. The highest BCUT2D eigenvalue weighted by Gasteiger charge is 2.31. The summed E-state index contributed by atoms with van der Waals surface area (Å²) in [6, 6.07) is 12.5. The first-order valence-corrected chi connectivity index (χ1v) is 12.0. The number of amides is 1. The van der Waals surface area contributed by atoms with Crippen molar-refractivity contribution in [1.29, 1.82) is 0 Å². The predicted octanol–water partition coefficient (Wildman–Crippen LogP) is 3.24. The monoisotopic (exact) mass is 444 g/mol. The molecule has 1 saturated heterocycles. The van der Waals surface area contributed by atoms with Crippen LogP contribution in [0.3, 0.4) is 0 Å². The molecule has 4 heterocycles. The van der Waals surface area contributed by atoms with Gasteiger partial charge in [-0.05, 0) is 56.5 Å². The molecule has 1 N–H and O–H groups in total. The topological polar surface area (TPSA) is 75.9 Å². The Morgan fingerprint density at radius 3 is 2.64 bits per heavy atom. The van der Waals surface area contributed by atoms with Crippen molar-refractivity contribution in [1.82, 2.24) is 30.0 Å². The lowest BCUT2D eigenvalue weighted by molar-refractivity contribution is -0.126. The number of benzene rings is 1. The Hall–Kier alpha value is -3.06. The smallest absolute Gasteiger partial charge is 0.225 e. The van der Waals surface area contributed by atoms with E-state index in [1.165, 1.54) is 11.1 Å². The van der Waals surface area contributed by atoms with Crippen molar-refractivity contribution >= 4 is 5.91 Å². The van der Waals surface area contributed by atoms with Crippen molar-refractivity contribution in [2.45, 2.75) is 58.2 Å². The number of carbonyl (C=O) groups excluding carboxylic acids is 1. The van der Waals surface area contributed by atoms with E-state index < -0.39 is 0 Å². The number of fused-ring (bicyclic) bond motifs is 1. The summed E-state index contributed by atoms with van der Waals surface area (Å²) < 4.78 is 2.24. The quantitative estimate of drug-likeness (QED) is 0.632. The number of likely N-dealkylation sites (tertiary alicyclic amines) is 1. The van der Waals surface area contributed by atoms with Crippen molar-refractivity contribution < 1.29 is 4.79 Å². The van der Waals surface area contributed by atoms with Crippen LogP contribution in [0.2, 0.25) is 0 Å². The minimum atomic E-state index is -0.0247. The van der Waals surface area contributed by atoms with Crippen LogP contribution in [0.25, 0.3) is 0 Å². The number of nitrogens with zero attached hydrogens (tertiary/aromatic N) is 5. The van der Waals surface area contributed by atoms with Gasteiger partial charge in [-0.2, -0.15) is 0 Å².